The molecule has 0 fully saturated rings. The molecule has 0 heterocycles. The van der Waals surface area contributed by atoms with Crippen LogP contribution in [0.1, 0.15) is 33.1 Å². The molecule has 6 heteroatoms. The number of benzene rings is 3. The van der Waals surface area contributed by atoms with E-state index in [4.69, 9.17) is 4.74 Å². The van der Waals surface area contributed by atoms with Crippen molar-refractivity contribution in [3.63, 3.8) is 0 Å². The lowest BCUT2D eigenvalue weighted by Crippen LogP contribution is -2.41. The topological polar surface area (TPSA) is 63.6 Å². The number of hydrogen-bond acceptors (Lipinski definition) is 4. The van der Waals surface area contributed by atoms with Gasteiger partial charge in [-0.2, -0.15) is 0 Å². The van der Waals surface area contributed by atoms with Gasteiger partial charge in [0.25, 0.3) is 0 Å². The van der Waals surface area contributed by atoms with Gasteiger partial charge >= 0.3 is 5.97 Å². The number of esters is 1. The number of ketones is 1. The van der Waals surface area contributed by atoms with Gasteiger partial charge in [-0.05, 0) is 66.9 Å². The Morgan fingerprint density at radius 1 is 0.811 bits per heavy atom. The van der Waals surface area contributed by atoms with Crippen molar-refractivity contribution < 1.29 is 19.1 Å². The van der Waals surface area contributed by atoms with Crippen LogP contribution in [0.5, 0.6) is 0 Å². The van der Waals surface area contributed by atoms with E-state index in [-0.39, 0.29) is 35.6 Å². The molecule has 0 aromatic heterocycles. The van der Waals surface area contributed by atoms with Crippen LogP contribution in [0.2, 0.25) is 18.1 Å². The second-order valence-corrected chi connectivity index (χ2v) is 19.0. The number of methoxy groups -OCH3 is 1. The van der Waals surface area contributed by atoms with Gasteiger partial charge in [0.05, 0.1) is 7.11 Å². The maximum atomic E-state index is 14.0. The first-order valence-electron chi connectivity index (χ1n) is 12.9. The summed E-state index contributed by atoms with van der Waals surface area (Å²) in [5.74, 6) is -0.383. The molecule has 0 amide bonds. The van der Waals surface area contributed by atoms with E-state index in [1.165, 1.54) is 7.11 Å². The van der Waals surface area contributed by atoms with E-state index in [1.54, 1.807) is 0 Å². The molecule has 0 spiro atoms. The number of carbonyl (C=O) groups is 2. The molecule has 0 aliphatic rings. The van der Waals surface area contributed by atoms with Gasteiger partial charge < -0.3 is 9.53 Å². The summed E-state index contributed by atoms with van der Waals surface area (Å²) >= 11 is 0. The summed E-state index contributed by atoms with van der Waals surface area (Å²) in [5, 5.41) is 3.13. The fourth-order valence-electron chi connectivity index (χ4n) is 4.93. The Morgan fingerprint density at radius 2 is 1.22 bits per heavy atom. The minimum atomic E-state index is -2.52. The van der Waals surface area contributed by atoms with Crippen molar-refractivity contribution in [2.24, 2.45) is 5.92 Å². The average Bonchev–Trinajstić information content (AvgIpc) is 2.87. The number of hydrogen-bond donors (Lipinski definition) is 1. The van der Waals surface area contributed by atoms with Gasteiger partial charge in [-0.3, -0.25) is 9.59 Å². The minimum Gasteiger partial charge on any atom is -0.469 e. The van der Waals surface area contributed by atoms with E-state index >= 15 is 0 Å². The number of rotatable bonds is 12. The van der Waals surface area contributed by atoms with E-state index in [2.05, 4.69) is 36.4 Å². The van der Waals surface area contributed by atoms with Crippen molar-refractivity contribution in [3.05, 3.63) is 91.0 Å². The van der Waals surface area contributed by atoms with E-state index in [0.717, 1.165) is 15.9 Å². The zero-order valence-corrected chi connectivity index (χ0v) is 24.6. The van der Waals surface area contributed by atoms with Crippen LogP contribution in [0.25, 0.3) is 0 Å². The van der Waals surface area contributed by atoms with Gasteiger partial charge in [0, 0.05) is 12.8 Å². The summed E-state index contributed by atoms with van der Waals surface area (Å²) < 4.78 is 4.98. The highest BCUT2D eigenvalue weighted by Crippen LogP contribution is 2.55. The Balaban J connectivity index is 2.05. The smallest absolute Gasteiger partial charge is 0.305 e. The Labute approximate surface area is 223 Å². The molecule has 0 aliphatic heterocycles. The molecule has 3 aromatic carbocycles. The molecular weight excluding hydrogens is 495 g/mol. The lowest BCUT2D eigenvalue weighted by molar-refractivity contribution is -0.142. The van der Waals surface area contributed by atoms with Gasteiger partial charge in [-0.1, -0.05) is 68.4 Å². The lowest BCUT2D eigenvalue weighted by Gasteiger charge is -2.37. The Morgan fingerprint density at radius 3 is 1.57 bits per heavy atom. The molecule has 1 N–H and O–H groups in total. The largest absolute Gasteiger partial charge is 0.469 e. The third kappa shape index (κ3) is 7.04. The minimum absolute atomic E-state index is 0.131. The maximum Gasteiger partial charge on any atom is 0.305 e. The molecule has 0 unspecified atom stereocenters. The van der Waals surface area contributed by atoms with Crippen LogP contribution in [0.15, 0.2) is 91.0 Å². The SMILES string of the molecule is COC(=O)C[C@@H](CC(=O)C[P+](c1ccccc1)(c1ccccc1)c1ccccc1)CC(C)(C)[Si](C)(C)O. The zero-order valence-electron chi connectivity index (χ0n) is 22.7. The molecule has 37 heavy (non-hydrogen) atoms. The second kappa shape index (κ2) is 12.3. The normalized spacial score (nSPS) is 13.1. The third-order valence-electron chi connectivity index (χ3n) is 7.66. The quantitative estimate of drug-likeness (QED) is 0.189. The predicted octanol–water partition coefficient (Wildman–Crippen LogP) is 5.49. The first-order valence-corrected chi connectivity index (χ1v) is 17.8. The van der Waals surface area contributed by atoms with Crippen LogP contribution in [-0.2, 0) is 14.3 Å². The molecule has 4 nitrogen and oxygen atoms in total. The summed E-state index contributed by atoms with van der Waals surface area (Å²) in [6, 6.07) is 31.1. The summed E-state index contributed by atoms with van der Waals surface area (Å²) in [5.41, 5.74) is 0. The lowest BCUT2D eigenvalue weighted by atomic mass is 9.89. The highest BCUT2D eigenvalue weighted by Gasteiger charge is 2.48. The van der Waals surface area contributed by atoms with E-state index in [1.807, 2.05) is 81.5 Å². The molecule has 0 saturated carbocycles. The van der Waals surface area contributed by atoms with Crippen LogP contribution >= 0.6 is 7.26 Å². The average molecular weight is 536 g/mol. The fourth-order valence-corrected chi connectivity index (χ4v) is 9.86. The molecule has 3 rings (SSSR count). The highest BCUT2D eigenvalue weighted by molar-refractivity contribution is 7.96. The molecule has 1 atom stereocenters. The first kappa shape index (κ1) is 29.0. The monoisotopic (exact) mass is 535 g/mol. The van der Waals surface area contributed by atoms with Crippen molar-refractivity contribution in [2.75, 3.05) is 13.3 Å². The predicted molar refractivity (Wildman–Crippen MR) is 158 cm³/mol. The van der Waals surface area contributed by atoms with Crippen molar-refractivity contribution >= 4 is 43.2 Å². The molecule has 0 saturated heterocycles. The number of ether oxygens (including phenoxy) is 1. The first-order chi connectivity index (χ1) is 17.5. The number of carbonyl (C=O) groups excluding carboxylic acids is 2. The summed E-state index contributed by atoms with van der Waals surface area (Å²) in [6.45, 7) is 7.92. The fraction of sp³-hybridized carbons (Fsp3) is 0.355. The Bertz CT molecular complexity index is 1060. The summed E-state index contributed by atoms with van der Waals surface area (Å²) in [4.78, 5) is 37.2. The third-order valence-corrected chi connectivity index (χ3v) is 15.5. The standard InChI is InChI=1S/C31H40O4PSi/c1-31(2,37(4,5)34)23-25(22-30(33)35-3)21-26(32)24-36(27-15-9-6-10-16-27,28-17-11-7-12-18-28)29-19-13-8-14-20-29/h6-20,25,34H,21-24H2,1-5H3/q+1/t25-/m1/s1. The van der Waals surface area contributed by atoms with Gasteiger partial charge in [0.1, 0.15) is 29.3 Å². The van der Waals surface area contributed by atoms with Gasteiger partial charge in [0.15, 0.2) is 14.1 Å². The second-order valence-electron chi connectivity index (χ2n) is 11.0. The van der Waals surface area contributed by atoms with Crippen molar-refractivity contribution in [2.45, 2.75) is 51.2 Å². The Kier molecular flexibility index (Phi) is 9.63. The summed E-state index contributed by atoms with van der Waals surface area (Å²) in [6.07, 6.45) is 1.42. The highest BCUT2D eigenvalue weighted by atomic mass is 31.2. The van der Waals surface area contributed by atoms with Crippen molar-refractivity contribution in [1.82, 2.24) is 0 Å². The zero-order chi connectivity index (χ0) is 27.1. The van der Waals surface area contributed by atoms with Gasteiger partial charge in [-0.25, -0.2) is 0 Å². The molecule has 3 aromatic rings. The molecule has 0 aliphatic carbocycles. The van der Waals surface area contributed by atoms with Crippen LogP contribution in [0.3, 0.4) is 0 Å². The van der Waals surface area contributed by atoms with Crippen LogP contribution in [0, 0.1) is 5.92 Å². The van der Waals surface area contributed by atoms with Crippen LogP contribution in [-0.4, -0.2) is 38.1 Å². The summed E-state index contributed by atoms with van der Waals surface area (Å²) in [7, 11) is -3.44. The maximum absolute atomic E-state index is 14.0. The van der Waals surface area contributed by atoms with Gasteiger partial charge in [-0.15, -0.1) is 0 Å². The van der Waals surface area contributed by atoms with E-state index < -0.39 is 15.6 Å². The van der Waals surface area contributed by atoms with E-state index in [0.29, 0.717) is 12.6 Å². The Hall–Kier alpha value is -2.59. The molecular formula is C31H40O4PSi+. The molecule has 0 radical (unpaired) electrons. The van der Waals surface area contributed by atoms with Crippen molar-refractivity contribution in [3.8, 4) is 0 Å². The van der Waals surface area contributed by atoms with Gasteiger partial charge in [0.2, 0.25) is 0 Å². The molecule has 0 bridgehead atoms. The molecule has 196 valence electrons. The van der Waals surface area contributed by atoms with E-state index in [9.17, 15) is 14.4 Å². The van der Waals surface area contributed by atoms with Crippen LogP contribution in [0.4, 0.5) is 0 Å². The van der Waals surface area contributed by atoms with Crippen molar-refractivity contribution in [1.29, 1.82) is 0 Å². The van der Waals surface area contributed by atoms with Crippen LogP contribution < -0.4 is 15.9 Å². The number of Topliss-reactive ketones (excluding diaryl/α,β-unsaturated/α-hetero) is 1.